The third kappa shape index (κ3) is 2.85. The summed E-state index contributed by atoms with van der Waals surface area (Å²) in [6.45, 7) is 3.78. The molecule has 1 aromatic heterocycles. The van der Waals surface area contributed by atoms with Crippen molar-refractivity contribution >= 4 is 28.2 Å². The summed E-state index contributed by atoms with van der Waals surface area (Å²) in [5.41, 5.74) is 5.93. The number of nitrogen functional groups attached to an aromatic ring is 1. The first-order valence-corrected chi connectivity index (χ1v) is 8.35. The van der Waals surface area contributed by atoms with Gasteiger partial charge >= 0.3 is 0 Å². The largest absolute Gasteiger partial charge is 0.382 e. The minimum absolute atomic E-state index is 0.0447. The lowest BCUT2D eigenvalue weighted by molar-refractivity contribution is 0.0376. The van der Waals surface area contributed by atoms with Gasteiger partial charge in [0.05, 0.1) is 0 Å². The highest BCUT2D eigenvalue weighted by atomic mass is 32.1. The molecule has 0 bridgehead atoms. The van der Waals surface area contributed by atoms with Crippen LogP contribution in [0, 0.1) is 0 Å². The molecule has 116 valence electrons. The average molecular weight is 309 g/mol. The lowest BCUT2D eigenvalue weighted by Crippen LogP contribution is -2.56. The molecule has 1 unspecified atom stereocenters. The number of nitrogens with zero attached hydrogens (tertiary/aromatic N) is 4. The Morgan fingerprint density at radius 2 is 2.14 bits per heavy atom. The fourth-order valence-corrected chi connectivity index (χ4v) is 4.02. The number of hydrogen-bond acceptors (Lipinski definition) is 6. The molecule has 2 aliphatic rings. The maximum absolute atomic E-state index is 12.7. The van der Waals surface area contributed by atoms with Crippen molar-refractivity contribution in [2.45, 2.75) is 25.3 Å². The van der Waals surface area contributed by atoms with Crippen LogP contribution in [0.1, 0.15) is 28.9 Å². The van der Waals surface area contributed by atoms with E-state index in [1.54, 1.807) is 0 Å². The normalized spacial score (nSPS) is 23.0. The van der Waals surface area contributed by atoms with Crippen LogP contribution in [0.3, 0.4) is 0 Å². The number of fused-ring (bicyclic) bond motifs is 1. The van der Waals surface area contributed by atoms with Crippen molar-refractivity contribution in [2.75, 3.05) is 50.9 Å². The summed E-state index contributed by atoms with van der Waals surface area (Å²) in [5.74, 6) is 0.406. The van der Waals surface area contributed by atoms with E-state index in [2.05, 4.69) is 9.88 Å². The topological polar surface area (TPSA) is 65.7 Å². The summed E-state index contributed by atoms with van der Waals surface area (Å²) < 4.78 is 0. The smallest absolute Gasteiger partial charge is 0.267 e. The molecule has 1 atom stereocenters. The summed E-state index contributed by atoms with van der Waals surface area (Å²) in [7, 11) is 3.82. The number of anilines is 2. The van der Waals surface area contributed by atoms with Gasteiger partial charge in [-0.3, -0.25) is 9.69 Å². The highest BCUT2D eigenvalue weighted by molar-refractivity contribution is 7.18. The predicted molar refractivity (Wildman–Crippen MR) is 86.0 cm³/mol. The average Bonchev–Trinajstić information content (AvgIpc) is 2.88. The Labute approximate surface area is 129 Å². The van der Waals surface area contributed by atoms with Crippen LogP contribution in [-0.2, 0) is 0 Å². The maximum atomic E-state index is 12.7. The van der Waals surface area contributed by atoms with Crippen molar-refractivity contribution < 1.29 is 4.79 Å². The molecule has 1 amide bonds. The molecule has 2 fully saturated rings. The van der Waals surface area contributed by atoms with Crippen LogP contribution in [0.2, 0.25) is 0 Å². The van der Waals surface area contributed by atoms with Gasteiger partial charge in [0.2, 0.25) is 0 Å². The van der Waals surface area contributed by atoms with Gasteiger partial charge < -0.3 is 15.5 Å². The van der Waals surface area contributed by atoms with E-state index in [0.29, 0.717) is 16.7 Å². The van der Waals surface area contributed by atoms with Gasteiger partial charge in [-0.2, -0.15) is 0 Å². The number of carbonyl (C=O) groups excluding carboxylic acids is 1. The lowest BCUT2D eigenvalue weighted by atomic mass is 9.99. The first-order valence-electron chi connectivity index (χ1n) is 7.53. The number of piperazine rings is 1. The summed E-state index contributed by atoms with van der Waals surface area (Å²) in [6, 6.07) is 0.527. The van der Waals surface area contributed by atoms with Crippen molar-refractivity contribution in [3.05, 3.63) is 4.88 Å². The van der Waals surface area contributed by atoms with Gasteiger partial charge in [-0.1, -0.05) is 17.8 Å². The number of amides is 1. The third-order valence-electron chi connectivity index (χ3n) is 4.34. The molecule has 2 N–H and O–H groups in total. The van der Waals surface area contributed by atoms with Gasteiger partial charge in [0, 0.05) is 39.8 Å². The Hall–Kier alpha value is -1.34. The Bertz CT molecular complexity index is 529. The van der Waals surface area contributed by atoms with Crippen molar-refractivity contribution in [3.8, 4) is 0 Å². The molecule has 21 heavy (non-hydrogen) atoms. The fraction of sp³-hybridized carbons (Fsp3) is 0.714. The van der Waals surface area contributed by atoms with E-state index in [1.807, 2.05) is 23.9 Å². The molecule has 1 aromatic rings. The number of hydrogen-bond donors (Lipinski definition) is 1. The minimum Gasteiger partial charge on any atom is -0.382 e. The summed E-state index contributed by atoms with van der Waals surface area (Å²) in [4.78, 5) is 23.9. The number of aromatic nitrogens is 1. The SMILES string of the molecule is CN(C)c1nc(N)c(C(=O)N2CCN3CCCCC3C2)s1. The Morgan fingerprint density at radius 3 is 2.86 bits per heavy atom. The van der Waals surface area contributed by atoms with Crippen LogP contribution >= 0.6 is 11.3 Å². The van der Waals surface area contributed by atoms with E-state index in [-0.39, 0.29) is 5.91 Å². The quantitative estimate of drug-likeness (QED) is 0.886. The van der Waals surface area contributed by atoms with E-state index >= 15 is 0 Å². The Balaban J connectivity index is 1.73. The number of nitrogens with two attached hydrogens (primary N) is 1. The number of carbonyl (C=O) groups is 1. The molecule has 0 spiro atoms. The highest BCUT2D eigenvalue weighted by Gasteiger charge is 2.32. The Kier molecular flexibility index (Phi) is 4.03. The van der Waals surface area contributed by atoms with Gasteiger partial charge in [-0.25, -0.2) is 4.98 Å². The van der Waals surface area contributed by atoms with E-state index in [0.717, 1.165) is 24.8 Å². The van der Waals surface area contributed by atoms with Crippen molar-refractivity contribution in [1.29, 1.82) is 0 Å². The highest BCUT2D eigenvalue weighted by Crippen LogP contribution is 2.29. The molecule has 2 saturated heterocycles. The summed E-state index contributed by atoms with van der Waals surface area (Å²) in [6.07, 6.45) is 3.76. The van der Waals surface area contributed by atoms with Crippen LogP contribution in [0.5, 0.6) is 0 Å². The third-order valence-corrected chi connectivity index (χ3v) is 5.57. The fourth-order valence-electron chi connectivity index (χ4n) is 3.15. The minimum atomic E-state index is 0.0447. The zero-order valence-corrected chi connectivity index (χ0v) is 13.5. The van der Waals surface area contributed by atoms with Gasteiger partial charge in [-0.05, 0) is 19.4 Å². The molecule has 0 aliphatic carbocycles. The van der Waals surface area contributed by atoms with E-state index in [9.17, 15) is 4.79 Å². The molecule has 3 heterocycles. The first kappa shape index (κ1) is 14.6. The van der Waals surface area contributed by atoms with E-state index in [4.69, 9.17) is 5.73 Å². The monoisotopic (exact) mass is 309 g/mol. The van der Waals surface area contributed by atoms with Crippen molar-refractivity contribution in [1.82, 2.24) is 14.8 Å². The standard InChI is InChI=1S/C14H23N5OS/c1-17(2)14-16-12(15)11(21-14)13(20)19-8-7-18-6-4-3-5-10(18)9-19/h10H,3-9,15H2,1-2H3. The Morgan fingerprint density at radius 1 is 1.33 bits per heavy atom. The second kappa shape index (κ2) is 5.81. The molecule has 6 nitrogen and oxygen atoms in total. The van der Waals surface area contributed by atoms with Gasteiger partial charge in [0.15, 0.2) is 5.13 Å². The number of rotatable bonds is 2. The predicted octanol–water partition coefficient (Wildman–Crippen LogP) is 1.10. The lowest BCUT2D eigenvalue weighted by Gasteiger charge is -2.43. The first-order chi connectivity index (χ1) is 10.1. The van der Waals surface area contributed by atoms with Crippen LogP contribution in [-0.4, -0.2) is 67.0 Å². The van der Waals surface area contributed by atoms with Gasteiger partial charge in [-0.15, -0.1) is 0 Å². The van der Waals surface area contributed by atoms with Crippen LogP contribution in [0.15, 0.2) is 0 Å². The molecule has 7 heteroatoms. The molecule has 0 aromatic carbocycles. The summed E-state index contributed by atoms with van der Waals surface area (Å²) in [5, 5.41) is 0.784. The van der Waals surface area contributed by atoms with Crippen molar-refractivity contribution in [3.63, 3.8) is 0 Å². The zero-order chi connectivity index (χ0) is 15.0. The molecule has 0 saturated carbocycles. The second-order valence-electron chi connectivity index (χ2n) is 6.04. The van der Waals surface area contributed by atoms with Crippen LogP contribution in [0.4, 0.5) is 10.9 Å². The summed E-state index contributed by atoms with van der Waals surface area (Å²) >= 11 is 1.38. The van der Waals surface area contributed by atoms with E-state index in [1.165, 1.54) is 37.1 Å². The molecule has 3 rings (SSSR count). The molecular formula is C14H23N5OS. The van der Waals surface area contributed by atoms with Gasteiger partial charge in [0.1, 0.15) is 10.7 Å². The number of thiazole rings is 1. The second-order valence-corrected chi connectivity index (χ2v) is 7.02. The maximum Gasteiger partial charge on any atom is 0.267 e. The van der Waals surface area contributed by atoms with Crippen LogP contribution in [0.25, 0.3) is 0 Å². The van der Waals surface area contributed by atoms with Crippen molar-refractivity contribution in [2.24, 2.45) is 0 Å². The molecule has 2 aliphatic heterocycles. The van der Waals surface area contributed by atoms with E-state index < -0.39 is 0 Å². The molecular weight excluding hydrogens is 286 g/mol. The number of piperidine rings is 1. The van der Waals surface area contributed by atoms with Gasteiger partial charge in [0.25, 0.3) is 5.91 Å². The zero-order valence-electron chi connectivity index (χ0n) is 12.7. The molecule has 0 radical (unpaired) electrons. The van der Waals surface area contributed by atoms with Crippen LogP contribution < -0.4 is 10.6 Å².